The summed E-state index contributed by atoms with van der Waals surface area (Å²) in [5, 5.41) is 4.36. The molecule has 0 aromatic rings. The molecule has 7 heteroatoms. The molecule has 0 spiro atoms. The SMILES string of the molecule is [2H]N1C(C(C)C)C=C2NC3=C(CN([C@@H](C)COC)C3=O)C(=O)N21. The average molecular weight is 307 g/mol. The first-order valence-electron chi connectivity index (χ1n) is 7.96. The molecule has 0 aromatic carbocycles. The summed E-state index contributed by atoms with van der Waals surface area (Å²) in [4.78, 5) is 27.0. The van der Waals surface area contributed by atoms with Crippen molar-refractivity contribution in [3.05, 3.63) is 23.2 Å². The lowest BCUT2D eigenvalue weighted by Crippen LogP contribution is -2.49. The fourth-order valence-corrected chi connectivity index (χ4v) is 2.88. The number of carbonyl (C=O) groups excluding carboxylic acids is 2. The molecule has 22 heavy (non-hydrogen) atoms. The number of rotatable bonds is 4. The number of fused-ring (bicyclic) bond motifs is 1. The standard InChI is InChI=1S/C15H22N4O3/c1-8(2)11-5-12-16-13-10(14(20)19(12)17-11)6-18(15(13)21)9(3)7-22-4/h5,8-9,11,16-17H,6-7H2,1-4H3/t9-,11?/m0/s1/i/hD. The van der Waals surface area contributed by atoms with Gasteiger partial charge in [-0.1, -0.05) is 13.8 Å². The van der Waals surface area contributed by atoms with Crippen molar-refractivity contribution in [1.82, 2.24) is 20.6 Å². The Morgan fingerprint density at radius 1 is 1.41 bits per heavy atom. The molecule has 2 N–H and O–H groups in total. The molecule has 120 valence electrons. The maximum atomic E-state index is 12.8. The molecule has 2 atom stereocenters. The second-order valence-electron chi connectivity index (χ2n) is 6.23. The van der Waals surface area contributed by atoms with E-state index in [2.05, 4.69) is 5.32 Å². The first kappa shape index (κ1) is 13.8. The summed E-state index contributed by atoms with van der Waals surface area (Å²) in [5.74, 6) is 0.188. The van der Waals surface area contributed by atoms with Crippen molar-refractivity contribution in [2.75, 3.05) is 20.3 Å². The van der Waals surface area contributed by atoms with Crippen LogP contribution in [-0.2, 0) is 14.3 Å². The van der Waals surface area contributed by atoms with Crippen LogP contribution in [0.3, 0.4) is 0 Å². The number of methoxy groups -OCH3 is 1. The van der Waals surface area contributed by atoms with Gasteiger partial charge >= 0.3 is 0 Å². The zero-order valence-corrected chi connectivity index (χ0v) is 13.3. The third kappa shape index (κ3) is 2.21. The molecule has 0 saturated heterocycles. The number of carbonyl (C=O) groups is 2. The van der Waals surface area contributed by atoms with Gasteiger partial charge in [-0.3, -0.25) is 9.59 Å². The summed E-state index contributed by atoms with van der Waals surface area (Å²) in [6, 6.07) is -0.313. The first-order chi connectivity index (χ1) is 10.9. The van der Waals surface area contributed by atoms with Gasteiger partial charge < -0.3 is 15.0 Å². The van der Waals surface area contributed by atoms with Crippen LogP contribution in [0.1, 0.15) is 20.8 Å². The van der Waals surface area contributed by atoms with Crippen molar-refractivity contribution >= 4 is 11.8 Å². The fraction of sp³-hybridized carbons (Fsp3) is 0.600. The lowest BCUT2D eigenvalue weighted by atomic mass is 10.1. The van der Waals surface area contributed by atoms with Gasteiger partial charge in [0.25, 0.3) is 11.8 Å². The number of nitrogens with zero attached hydrogens (tertiary/aromatic N) is 2. The molecule has 0 aliphatic carbocycles. The highest BCUT2D eigenvalue weighted by atomic mass is 16.5. The van der Waals surface area contributed by atoms with Gasteiger partial charge in [0.15, 0.2) is 0 Å². The smallest absolute Gasteiger partial charge is 0.274 e. The lowest BCUT2D eigenvalue weighted by Gasteiger charge is -2.27. The Labute approximate surface area is 131 Å². The largest absolute Gasteiger partial charge is 0.383 e. The van der Waals surface area contributed by atoms with E-state index in [1.807, 2.05) is 26.8 Å². The van der Waals surface area contributed by atoms with Crippen LogP contribution < -0.4 is 10.7 Å². The molecule has 7 nitrogen and oxygen atoms in total. The number of hydrazine groups is 1. The molecule has 3 aliphatic rings. The first-order valence-corrected chi connectivity index (χ1v) is 7.51. The quantitative estimate of drug-likeness (QED) is 0.761. The highest BCUT2D eigenvalue weighted by molar-refractivity contribution is 6.10. The van der Waals surface area contributed by atoms with E-state index >= 15 is 0 Å². The van der Waals surface area contributed by atoms with Gasteiger partial charge in [-0.25, -0.2) is 10.4 Å². The van der Waals surface area contributed by atoms with Crippen LogP contribution in [0.15, 0.2) is 23.2 Å². The zero-order chi connectivity index (χ0) is 16.9. The summed E-state index contributed by atoms with van der Waals surface area (Å²) in [6.07, 6.45) is 1.83. The molecule has 3 heterocycles. The average Bonchev–Trinajstić information content (AvgIpc) is 2.99. The number of ether oxygens (including phenoxy) is 1. The topological polar surface area (TPSA) is 73.9 Å². The van der Waals surface area contributed by atoms with Gasteiger partial charge in [0.1, 0.15) is 12.9 Å². The summed E-state index contributed by atoms with van der Waals surface area (Å²) in [7, 11) is 1.58. The van der Waals surface area contributed by atoms with Crippen molar-refractivity contribution < 1.29 is 15.7 Å². The Balaban J connectivity index is 1.87. The molecule has 3 rings (SSSR count). The van der Waals surface area contributed by atoms with Gasteiger partial charge in [0.2, 0.25) is 0 Å². The zero-order valence-electron chi connectivity index (χ0n) is 14.3. The number of amides is 2. The van der Waals surface area contributed by atoms with Crippen LogP contribution >= 0.6 is 0 Å². The van der Waals surface area contributed by atoms with E-state index < -0.39 is 0 Å². The summed E-state index contributed by atoms with van der Waals surface area (Å²) >= 11 is 0. The molecule has 0 aromatic heterocycles. The summed E-state index contributed by atoms with van der Waals surface area (Å²) in [5.41, 5.74) is 1.93. The van der Waals surface area contributed by atoms with E-state index in [1.165, 1.54) is 10.4 Å². The Hall–Kier alpha value is -1.86. The molecule has 3 aliphatic heterocycles. The van der Waals surface area contributed by atoms with Crippen molar-refractivity contribution in [3.8, 4) is 0 Å². The molecule has 2 amide bonds. The van der Waals surface area contributed by atoms with Gasteiger partial charge in [-0.2, -0.15) is 0 Å². The maximum Gasteiger partial charge on any atom is 0.274 e. The van der Waals surface area contributed by atoms with Crippen LogP contribution in [0.4, 0.5) is 0 Å². The second kappa shape index (κ2) is 5.40. The highest BCUT2D eigenvalue weighted by Crippen LogP contribution is 2.29. The van der Waals surface area contributed by atoms with Crippen LogP contribution in [0.25, 0.3) is 0 Å². The third-order valence-corrected chi connectivity index (χ3v) is 4.24. The predicted molar refractivity (Wildman–Crippen MR) is 79.9 cm³/mol. The molecule has 0 bridgehead atoms. The number of hydrogen-bond donors (Lipinski definition) is 2. The predicted octanol–water partition coefficient (Wildman–Crippen LogP) is -0.0664. The monoisotopic (exact) mass is 307 g/mol. The van der Waals surface area contributed by atoms with Crippen molar-refractivity contribution in [3.63, 3.8) is 0 Å². The molecular formula is C15H22N4O3. The molecule has 0 saturated carbocycles. The van der Waals surface area contributed by atoms with E-state index in [0.29, 0.717) is 23.7 Å². The minimum Gasteiger partial charge on any atom is -0.383 e. The van der Waals surface area contributed by atoms with E-state index in [0.717, 1.165) is 0 Å². The Bertz CT molecular complexity index is 616. The summed E-state index contributed by atoms with van der Waals surface area (Å²) < 4.78 is 13.3. The Kier molecular flexibility index (Phi) is 3.38. The minimum absolute atomic E-state index is 0.118. The van der Waals surface area contributed by atoms with Crippen LogP contribution in [-0.4, -0.2) is 54.1 Å². The highest BCUT2D eigenvalue weighted by Gasteiger charge is 2.44. The Morgan fingerprint density at radius 3 is 2.77 bits per heavy atom. The van der Waals surface area contributed by atoms with E-state index in [4.69, 9.17) is 6.15 Å². The van der Waals surface area contributed by atoms with E-state index in [9.17, 15) is 9.59 Å². The van der Waals surface area contributed by atoms with Gasteiger partial charge in [0, 0.05) is 7.11 Å². The number of hydrogen-bond acceptors (Lipinski definition) is 5. The van der Waals surface area contributed by atoms with E-state index in [-0.39, 0.29) is 36.4 Å². The Morgan fingerprint density at radius 2 is 2.14 bits per heavy atom. The van der Waals surface area contributed by atoms with Crippen molar-refractivity contribution in [2.45, 2.75) is 32.9 Å². The van der Waals surface area contributed by atoms with Crippen LogP contribution in [0.2, 0.25) is 1.41 Å². The fourth-order valence-electron chi connectivity index (χ4n) is 2.88. The second-order valence-corrected chi connectivity index (χ2v) is 6.23. The van der Waals surface area contributed by atoms with Crippen molar-refractivity contribution in [1.29, 1.82) is 0 Å². The molecule has 1 unspecified atom stereocenters. The molecule has 0 fully saturated rings. The minimum atomic E-state index is -0.302. The van der Waals surface area contributed by atoms with Gasteiger partial charge in [-0.15, -0.1) is 0 Å². The van der Waals surface area contributed by atoms with Crippen LogP contribution in [0, 0.1) is 5.92 Å². The van der Waals surface area contributed by atoms with Gasteiger partial charge in [-0.05, 0) is 18.9 Å². The van der Waals surface area contributed by atoms with Gasteiger partial charge in [0.05, 0.1) is 30.8 Å². The molecular weight excluding hydrogens is 284 g/mol. The summed E-state index contributed by atoms with van der Waals surface area (Å²) in [6.45, 7) is 6.52. The lowest BCUT2D eigenvalue weighted by molar-refractivity contribution is -0.129. The maximum absolute atomic E-state index is 12.8. The van der Waals surface area contributed by atoms with Crippen molar-refractivity contribution in [2.24, 2.45) is 5.92 Å². The van der Waals surface area contributed by atoms with Crippen LogP contribution in [0.5, 0.6) is 0 Å². The number of nitrogens with one attached hydrogen (secondary N) is 2. The molecule has 0 radical (unpaired) electrons. The third-order valence-electron chi connectivity index (χ3n) is 4.24. The normalized spacial score (nSPS) is 27.0. The van der Waals surface area contributed by atoms with E-state index in [1.54, 1.807) is 12.0 Å².